The Morgan fingerprint density at radius 1 is 0.952 bits per heavy atom. The molecule has 0 N–H and O–H groups in total. The lowest BCUT2D eigenvalue weighted by molar-refractivity contribution is -0.0921. The number of allylic oxidation sites excluding steroid dienone is 2. The Kier molecular flexibility index (Phi) is 3.04. The van der Waals surface area contributed by atoms with Crippen LogP contribution in [0.1, 0.15) is 65.2 Å². The summed E-state index contributed by atoms with van der Waals surface area (Å²) in [7, 11) is 0. The average molecular weight is 283 g/mol. The monoisotopic (exact) mass is 283 g/mol. The maximum absolute atomic E-state index is 9.55. The molecular weight excluding hydrogens is 254 g/mol. The molecular formula is C20H29N. The molecule has 0 bridgehead atoms. The van der Waals surface area contributed by atoms with Crippen molar-refractivity contribution in [2.24, 2.45) is 40.4 Å². The van der Waals surface area contributed by atoms with E-state index in [9.17, 15) is 5.26 Å². The zero-order chi connectivity index (χ0) is 14.7. The Balaban J connectivity index is 1.66. The van der Waals surface area contributed by atoms with Crippen molar-refractivity contribution < 1.29 is 0 Å². The van der Waals surface area contributed by atoms with Crippen LogP contribution in [0.15, 0.2) is 12.2 Å². The summed E-state index contributed by atoms with van der Waals surface area (Å²) in [5.41, 5.74) is 0.896. The fourth-order valence-electron chi connectivity index (χ4n) is 7.05. The Hall–Kier alpha value is -0.770. The van der Waals surface area contributed by atoms with Gasteiger partial charge in [-0.1, -0.05) is 26.0 Å². The quantitative estimate of drug-likeness (QED) is 0.551. The first-order valence-corrected chi connectivity index (χ1v) is 9.14. The predicted octanol–water partition coefficient (Wildman–Crippen LogP) is 5.33. The smallest absolute Gasteiger partial charge is 0.0661 e. The highest BCUT2D eigenvalue weighted by Crippen LogP contribution is 2.66. The molecule has 0 heterocycles. The summed E-state index contributed by atoms with van der Waals surface area (Å²) in [5, 5.41) is 9.55. The summed E-state index contributed by atoms with van der Waals surface area (Å²) in [5.74, 6) is 3.94. The van der Waals surface area contributed by atoms with E-state index in [0.29, 0.717) is 16.7 Å². The lowest BCUT2D eigenvalue weighted by Crippen LogP contribution is -2.52. The van der Waals surface area contributed by atoms with Crippen molar-refractivity contribution in [3.05, 3.63) is 12.2 Å². The topological polar surface area (TPSA) is 23.8 Å². The Bertz CT molecular complexity index is 500. The first kappa shape index (κ1) is 13.9. The van der Waals surface area contributed by atoms with Gasteiger partial charge in [0.2, 0.25) is 0 Å². The molecule has 3 saturated carbocycles. The van der Waals surface area contributed by atoms with Crippen LogP contribution in [0.5, 0.6) is 0 Å². The van der Waals surface area contributed by atoms with Gasteiger partial charge in [-0.2, -0.15) is 5.26 Å². The van der Waals surface area contributed by atoms with Gasteiger partial charge in [0.1, 0.15) is 0 Å². The van der Waals surface area contributed by atoms with Crippen molar-refractivity contribution in [3.8, 4) is 6.07 Å². The number of rotatable bonds is 0. The van der Waals surface area contributed by atoms with Gasteiger partial charge < -0.3 is 0 Å². The van der Waals surface area contributed by atoms with Crippen molar-refractivity contribution in [2.75, 3.05) is 0 Å². The Morgan fingerprint density at radius 3 is 2.57 bits per heavy atom. The van der Waals surface area contributed by atoms with Crippen molar-refractivity contribution in [1.82, 2.24) is 0 Å². The molecule has 0 aromatic heterocycles. The Morgan fingerprint density at radius 2 is 1.76 bits per heavy atom. The van der Waals surface area contributed by atoms with E-state index in [1.165, 1.54) is 51.4 Å². The third kappa shape index (κ3) is 1.74. The highest BCUT2D eigenvalue weighted by atomic mass is 14.6. The van der Waals surface area contributed by atoms with Crippen molar-refractivity contribution in [3.63, 3.8) is 0 Å². The van der Waals surface area contributed by atoms with E-state index in [1.54, 1.807) is 0 Å². The molecule has 4 rings (SSSR count). The zero-order valence-electron chi connectivity index (χ0n) is 13.6. The second-order valence-corrected chi connectivity index (χ2v) is 8.87. The van der Waals surface area contributed by atoms with E-state index >= 15 is 0 Å². The number of fused-ring (bicyclic) bond motifs is 5. The molecule has 4 aliphatic rings. The fraction of sp³-hybridized carbons (Fsp3) is 0.850. The molecule has 7 atom stereocenters. The van der Waals surface area contributed by atoms with Crippen molar-refractivity contribution in [2.45, 2.75) is 65.2 Å². The molecule has 114 valence electrons. The lowest BCUT2D eigenvalue weighted by Gasteiger charge is -2.59. The minimum Gasteiger partial charge on any atom is -0.198 e. The summed E-state index contributed by atoms with van der Waals surface area (Å²) < 4.78 is 0. The minimum atomic E-state index is 0.334. The van der Waals surface area contributed by atoms with Gasteiger partial charge >= 0.3 is 0 Å². The third-order valence-electron chi connectivity index (χ3n) is 8.37. The maximum atomic E-state index is 9.55. The molecule has 0 aromatic rings. The van der Waals surface area contributed by atoms with Crippen LogP contribution in [0, 0.1) is 51.8 Å². The van der Waals surface area contributed by atoms with Crippen LogP contribution < -0.4 is 0 Å². The van der Waals surface area contributed by atoms with Gasteiger partial charge in [-0.25, -0.2) is 0 Å². The lowest BCUT2D eigenvalue weighted by atomic mass is 9.45. The molecule has 4 aliphatic carbocycles. The Labute approximate surface area is 129 Å². The summed E-state index contributed by atoms with van der Waals surface area (Å²) in [6.45, 7) is 5.04. The van der Waals surface area contributed by atoms with Crippen LogP contribution >= 0.6 is 0 Å². The second-order valence-electron chi connectivity index (χ2n) is 8.87. The average Bonchev–Trinajstić information content (AvgIpc) is 2.83. The third-order valence-corrected chi connectivity index (χ3v) is 8.37. The minimum absolute atomic E-state index is 0.334. The van der Waals surface area contributed by atoms with Gasteiger partial charge in [0.15, 0.2) is 0 Å². The van der Waals surface area contributed by atoms with Crippen LogP contribution in [-0.2, 0) is 0 Å². The SMILES string of the molecule is C[C@]12CC=CC[C@@H]1CC[C@@H]1[C@@H]2CC[C@]2(C)[C@@H](C#N)CC[C@@H]12. The van der Waals surface area contributed by atoms with Crippen LogP contribution in [0.2, 0.25) is 0 Å². The van der Waals surface area contributed by atoms with Gasteiger partial charge in [-0.3, -0.25) is 0 Å². The number of hydrogen-bond donors (Lipinski definition) is 0. The second kappa shape index (κ2) is 4.61. The number of nitrogens with zero attached hydrogens (tertiary/aromatic N) is 1. The molecule has 1 nitrogen and oxygen atoms in total. The van der Waals surface area contributed by atoms with Gasteiger partial charge in [-0.05, 0) is 85.9 Å². The largest absolute Gasteiger partial charge is 0.198 e. The van der Waals surface area contributed by atoms with Gasteiger partial charge in [0, 0.05) is 0 Å². The molecule has 0 spiro atoms. The molecule has 21 heavy (non-hydrogen) atoms. The normalized spacial score (nSPS) is 55.2. The van der Waals surface area contributed by atoms with E-state index in [2.05, 4.69) is 32.1 Å². The summed E-state index contributed by atoms with van der Waals surface area (Å²) in [6, 6.07) is 2.65. The molecule has 0 aliphatic heterocycles. The molecule has 0 amide bonds. The predicted molar refractivity (Wildman–Crippen MR) is 85.4 cm³/mol. The van der Waals surface area contributed by atoms with Crippen LogP contribution in [0.4, 0.5) is 0 Å². The molecule has 1 heteroatoms. The van der Waals surface area contributed by atoms with Crippen molar-refractivity contribution in [1.29, 1.82) is 5.26 Å². The van der Waals surface area contributed by atoms with Crippen molar-refractivity contribution >= 4 is 0 Å². The van der Waals surface area contributed by atoms with Gasteiger partial charge in [0.25, 0.3) is 0 Å². The van der Waals surface area contributed by atoms with E-state index in [4.69, 9.17) is 0 Å². The molecule has 0 unspecified atom stereocenters. The molecule has 0 saturated heterocycles. The first-order chi connectivity index (χ1) is 10.1. The summed E-state index contributed by atoms with van der Waals surface area (Å²) in [4.78, 5) is 0. The van der Waals surface area contributed by atoms with Gasteiger partial charge in [0.05, 0.1) is 12.0 Å². The molecule has 3 fully saturated rings. The highest BCUT2D eigenvalue weighted by molar-refractivity contribution is 5.14. The van der Waals surface area contributed by atoms with Crippen LogP contribution in [0.3, 0.4) is 0 Å². The first-order valence-electron chi connectivity index (χ1n) is 9.14. The zero-order valence-corrected chi connectivity index (χ0v) is 13.6. The summed E-state index contributed by atoms with van der Waals surface area (Å²) >= 11 is 0. The van der Waals surface area contributed by atoms with E-state index in [0.717, 1.165) is 23.7 Å². The van der Waals surface area contributed by atoms with E-state index in [-0.39, 0.29) is 0 Å². The number of hydrogen-bond acceptors (Lipinski definition) is 1. The highest BCUT2D eigenvalue weighted by Gasteiger charge is 2.59. The van der Waals surface area contributed by atoms with Crippen LogP contribution in [0.25, 0.3) is 0 Å². The molecule has 0 aromatic carbocycles. The number of nitriles is 1. The summed E-state index contributed by atoms with van der Waals surface area (Å²) in [6.07, 6.45) is 15.6. The van der Waals surface area contributed by atoms with E-state index in [1.807, 2.05) is 0 Å². The molecule has 0 radical (unpaired) electrons. The maximum Gasteiger partial charge on any atom is 0.0661 e. The van der Waals surface area contributed by atoms with E-state index < -0.39 is 0 Å². The fourth-order valence-corrected chi connectivity index (χ4v) is 7.05. The van der Waals surface area contributed by atoms with Crippen LogP contribution in [-0.4, -0.2) is 0 Å². The van der Waals surface area contributed by atoms with Gasteiger partial charge in [-0.15, -0.1) is 0 Å². The standard InChI is InChI=1S/C20H29N/c1-19-11-4-3-5-14(19)6-8-16-17-9-7-15(13-21)20(17,2)12-10-18(16)19/h3-4,14-18H,5-12H2,1-2H3/t14-,15-,16+,17+,18+,19+,20-/m1/s1.